The lowest BCUT2D eigenvalue weighted by atomic mass is 9.44. The number of nitrogen functional groups attached to an aromatic ring is 1. The van der Waals surface area contributed by atoms with Crippen molar-refractivity contribution in [3.05, 3.63) is 83.0 Å². The highest BCUT2D eigenvalue weighted by molar-refractivity contribution is 7.98. The van der Waals surface area contributed by atoms with E-state index in [-0.39, 0.29) is 24.8 Å². The maximum atomic E-state index is 17.6. The van der Waals surface area contributed by atoms with Gasteiger partial charge < -0.3 is 25.4 Å². The Kier molecular flexibility index (Phi) is 7.45. The lowest BCUT2D eigenvalue weighted by Crippen LogP contribution is -2.70. The third kappa shape index (κ3) is 4.23. The van der Waals surface area contributed by atoms with Crippen LogP contribution in [0.5, 0.6) is 0 Å². The number of aryl methyl sites for hydroxylation is 1. The van der Waals surface area contributed by atoms with Gasteiger partial charge in [0.1, 0.15) is 12.8 Å². The molecule has 46 heavy (non-hydrogen) atoms. The number of aliphatic hydroxyl groups excluding tert-OH is 2. The van der Waals surface area contributed by atoms with Crippen molar-refractivity contribution < 1.29 is 38.1 Å². The SMILES string of the molecule is Cc1cc(SCc2ccc(C3O[C@@H]4C[C@H]5[C@@H]6C[C@H](F)C7=CC(=O)C=C[C@]7(C)[C@@]6(F)[C@@H](O)C[C@]5(C)[C@]4(C(=O)CO)O3)cc2)ccc1N. The largest absolute Gasteiger partial charge is 0.399 e. The van der Waals surface area contributed by atoms with Crippen molar-refractivity contribution in [2.75, 3.05) is 12.3 Å². The number of anilines is 1. The number of aliphatic hydroxyl groups is 2. The number of thioether (sulfide) groups is 1. The Morgan fingerprint density at radius 1 is 1.13 bits per heavy atom. The van der Waals surface area contributed by atoms with Crippen LogP contribution in [0, 0.1) is 29.6 Å². The first-order valence-electron chi connectivity index (χ1n) is 15.8. The van der Waals surface area contributed by atoms with Gasteiger partial charge in [-0.25, -0.2) is 8.78 Å². The first-order chi connectivity index (χ1) is 21.8. The topological polar surface area (TPSA) is 119 Å². The Hall–Kier alpha value is -2.89. The Balaban J connectivity index is 1.16. The molecule has 1 unspecified atom stereocenters. The van der Waals surface area contributed by atoms with Crippen molar-refractivity contribution in [3.8, 4) is 0 Å². The summed E-state index contributed by atoms with van der Waals surface area (Å²) in [6.45, 7) is 4.47. The Labute approximate surface area is 271 Å². The van der Waals surface area contributed by atoms with Crippen LogP contribution < -0.4 is 5.73 Å². The van der Waals surface area contributed by atoms with Crippen LogP contribution in [0.4, 0.5) is 14.5 Å². The monoisotopic (exact) mass is 651 g/mol. The average molecular weight is 652 g/mol. The number of alkyl halides is 2. The van der Waals surface area contributed by atoms with Crippen molar-refractivity contribution in [1.82, 2.24) is 0 Å². The Morgan fingerprint density at radius 2 is 1.87 bits per heavy atom. The van der Waals surface area contributed by atoms with Gasteiger partial charge in [-0.05, 0) is 86.1 Å². The van der Waals surface area contributed by atoms with Crippen molar-refractivity contribution >= 4 is 29.0 Å². The van der Waals surface area contributed by atoms with Crippen molar-refractivity contribution in [2.24, 2.45) is 22.7 Å². The fraction of sp³-hybridized carbons (Fsp3) is 0.500. The minimum Gasteiger partial charge on any atom is -0.399 e. The number of carbonyl (C=O) groups excluding carboxylic acids is 2. The molecule has 4 fully saturated rings. The van der Waals surface area contributed by atoms with E-state index in [1.807, 2.05) is 43.3 Å². The summed E-state index contributed by atoms with van der Waals surface area (Å²) in [5, 5.41) is 21.9. The maximum Gasteiger partial charge on any atom is 0.193 e. The third-order valence-electron chi connectivity index (χ3n) is 11.8. The van der Waals surface area contributed by atoms with Gasteiger partial charge in [-0.1, -0.05) is 37.3 Å². The Morgan fingerprint density at radius 3 is 2.57 bits per heavy atom. The van der Waals surface area contributed by atoms with Crippen molar-refractivity contribution in [3.63, 3.8) is 0 Å². The van der Waals surface area contributed by atoms with Crippen LogP contribution in [0.3, 0.4) is 0 Å². The normalized spacial score (nSPS) is 40.9. The number of Topliss-reactive ketones (excluding diaryl/α,β-unsaturated/α-hetero) is 1. The molecule has 0 bridgehead atoms. The van der Waals surface area contributed by atoms with Gasteiger partial charge in [0.25, 0.3) is 0 Å². The summed E-state index contributed by atoms with van der Waals surface area (Å²) in [5.74, 6) is -1.87. The quantitative estimate of drug-likeness (QED) is 0.277. The average Bonchev–Trinajstić information content (AvgIpc) is 3.53. The van der Waals surface area contributed by atoms with Crippen molar-refractivity contribution in [1.29, 1.82) is 0 Å². The number of ketones is 2. The second-order valence-corrected chi connectivity index (χ2v) is 15.1. The standard InChI is InChI=1S/C36H39F2NO6S/c1-19-12-23(8-9-28(19)39)46-18-20-4-6-21(7-5-20)32-44-31-15-24-25-14-27(37)26-13-22(41)10-11-33(26,2)35(25,38)29(42)16-34(24,3)36(31,45-32)30(43)17-40/h4-13,24-25,27,29,31-32,40,42H,14-18,39H2,1-3H3/t24-,25-,27-,29-,31+,32?,33-,34-,35-,36+/m0/s1. The number of hydrogen-bond acceptors (Lipinski definition) is 8. The highest BCUT2D eigenvalue weighted by Crippen LogP contribution is 2.72. The van der Waals surface area contributed by atoms with Gasteiger partial charge in [0.05, 0.1) is 12.2 Å². The molecular formula is C36H39F2NO6S. The number of benzene rings is 2. The molecule has 5 aliphatic rings. The summed E-state index contributed by atoms with van der Waals surface area (Å²) >= 11 is 1.69. The van der Waals surface area contributed by atoms with E-state index in [4.69, 9.17) is 15.2 Å². The van der Waals surface area contributed by atoms with E-state index in [9.17, 15) is 19.8 Å². The van der Waals surface area contributed by atoms with Crippen LogP contribution in [-0.4, -0.2) is 58.0 Å². The van der Waals surface area contributed by atoms with E-state index >= 15 is 8.78 Å². The zero-order valence-electron chi connectivity index (χ0n) is 26.0. The van der Waals surface area contributed by atoms with Gasteiger partial charge in [0.15, 0.2) is 29.1 Å². The van der Waals surface area contributed by atoms with Gasteiger partial charge in [-0.2, -0.15) is 0 Å². The lowest BCUT2D eigenvalue weighted by molar-refractivity contribution is -0.235. The molecule has 0 spiro atoms. The highest BCUT2D eigenvalue weighted by Gasteiger charge is 2.80. The summed E-state index contributed by atoms with van der Waals surface area (Å²) < 4.78 is 46.4. The van der Waals surface area contributed by atoms with E-state index in [2.05, 4.69) is 6.07 Å². The zero-order chi connectivity index (χ0) is 32.8. The predicted octanol–water partition coefficient (Wildman–Crippen LogP) is 5.51. The van der Waals surface area contributed by atoms with Gasteiger partial charge in [0.2, 0.25) is 0 Å². The van der Waals surface area contributed by atoms with E-state index in [0.717, 1.165) is 33.5 Å². The number of allylic oxidation sites excluding steroid dienone is 4. The van der Waals surface area contributed by atoms with Gasteiger partial charge in [0, 0.05) is 38.6 Å². The lowest BCUT2D eigenvalue weighted by Gasteiger charge is -2.63. The first kappa shape index (κ1) is 31.7. The number of hydrogen-bond donors (Lipinski definition) is 3. The van der Waals surface area contributed by atoms with E-state index in [1.54, 1.807) is 25.6 Å². The summed E-state index contributed by atoms with van der Waals surface area (Å²) in [6, 6.07) is 13.6. The van der Waals surface area contributed by atoms with Crippen LogP contribution in [0.1, 0.15) is 56.1 Å². The van der Waals surface area contributed by atoms with Crippen LogP contribution >= 0.6 is 11.8 Å². The molecule has 244 valence electrons. The molecule has 10 heteroatoms. The number of nitrogens with two attached hydrogens (primary N) is 1. The second-order valence-electron chi connectivity index (χ2n) is 14.0. The fourth-order valence-electron chi connectivity index (χ4n) is 9.39. The van der Waals surface area contributed by atoms with Crippen molar-refractivity contribution in [2.45, 2.75) is 86.6 Å². The minimum absolute atomic E-state index is 0.0405. The summed E-state index contributed by atoms with van der Waals surface area (Å²) in [7, 11) is 0. The Bertz CT molecular complexity index is 1660. The van der Waals surface area contributed by atoms with Crippen LogP contribution in [0.2, 0.25) is 0 Å². The predicted molar refractivity (Wildman–Crippen MR) is 169 cm³/mol. The summed E-state index contributed by atoms with van der Waals surface area (Å²) in [6.07, 6.45) is -1.37. The van der Waals surface area contributed by atoms with Gasteiger partial charge in [-0.3, -0.25) is 9.59 Å². The van der Waals surface area contributed by atoms with Crippen LogP contribution in [0.25, 0.3) is 0 Å². The molecule has 7 rings (SSSR count). The molecule has 4 aliphatic carbocycles. The number of rotatable bonds is 6. The fourth-order valence-corrected chi connectivity index (χ4v) is 10.3. The molecule has 0 radical (unpaired) electrons. The molecule has 0 amide bonds. The second kappa shape index (κ2) is 10.8. The highest BCUT2D eigenvalue weighted by atomic mass is 32.2. The molecular weight excluding hydrogens is 612 g/mol. The summed E-state index contributed by atoms with van der Waals surface area (Å²) in [4.78, 5) is 27.0. The molecule has 3 saturated carbocycles. The molecule has 4 N–H and O–H groups in total. The van der Waals surface area contributed by atoms with E-state index < -0.39 is 76.8 Å². The molecule has 1 saturated heterocycles. The van der Waals surface area contributed by atoms with Crippen LogP contribution in [-0.2, 0) is 24.8 Å². The van der Waals surface area contributed by atoms with Gasteiger partial charge in [-0.15, -0.1) is 11.8 Å². The molecule has 1 heterocycles. The molecule has 10 atom stereocenters. The number of fused-ring (bicyclic) bond motifs is 7. The minimum atomic E-state index is -2.29. The molecule has 7 nitrogen and oxygen atoms in total. The zero-order valence-corrected chi connectivity index (χ0v) is 26.9. The maximum absolute atomic E-state index is 17.6. The number of ether oxygens (including phenoxy) is 2. The molecule has 2 aromatic rings. The number of carbonyl (C=O) groups is 2. The smallest absolute Gasteiger partial charge is 0.193 e. The van der Waals surface area contributed by atoms with Gasteiger partial charge >= 0.3 is 0 Å². The third-order valence-corrected chi connectivity index (χ3v) is 12.9. The molecule has 1 aliphatic heterocycles. The molecule has 2 aromatic carbocycles. The molecule has 0 aromatic heterocycles. The van der Waals surface area contributed by atoms with E-state index in [1.165, 1.54) is 12.2 Å². The first-order valence-corrected chi connectivity index (χ1v) is 16.8. The summed E-state index contributed by atoms with van der Waals surface area (Å²) in [5.41, 5.74) is 2.87. The number of halogens is 2. The van der Waals surface area contributed by atoms with Crippen LogP contribution in [0.15, 0.2) is 71.2 Å². The van der Waals surface area contributed by atoms with E-state index in [0.29, 0.717) is 5.56 Å².